The number of piperazine rings is 1. The molecular formula is C13H23N3O2. The van der Waals surface area contributed by atoms with Crippen LogP contribution in [-0.4, -0.2) is 60.3 Å². The summed E-state index contributed by atoms with van der Waals surface area (Å²) in [6.07, 6.45) is 2.12. The molecule has 3 N–H and O–H groups in total. The summed E-state index contributed by atoms with van der Waals surface area (Å²) in [6, 6.07) is 3.94. The molecule has 1 aromatic rings. The highest BCUT2D eigenvalue weighted by Gasteiger charge is 2.19. The Bertz CT molecular complexity index is 321. The summed E-state index contributed by atoms with van der Waals surface area (Å²) in [5.41, 5.74) is 5.44. The van der Waals surface area contributed by atoms with Crippen LogP contribution in [0, 0.1) is 0 Å². The van der Waals surface area contributed by atoms with E-state index in [0.717, 1.165) is 45.0 Å². The zero-order valence-corrected chi connectivity index (χ0v) is 10.8. The lowest BCUT2D eigenvalue weighted by Gasteiger charge is -2.35. The third-order valence-corrected chi connectivity index (χ3v) is 3.39. The fourth-order valence-electron chi connectivity index (χ4n) is 2.33. The molecule has 0 aliphatic carbocycles. The minimum atomic E-state index is -0.286. The largest absolute Gasteiger partial charge is 0.468 e. The Morgan fingerprint density at radius 1 is 1.28 bits per heavy atom. The van der Waals surface area contributed by atoms with Crippen molar-refractivity contribution in [3.05, 3.63) is 24.2 Å². The first-order valence-corrected chi connectivity index (χ1v) is 6.63. The van der Waals surface area contributed by atoms with Crippen molar-refractivity contribution in [2.75, 3.05) is 39.3 Å². The van der Waals surface area contributed by atoms with E-state index in [2.05, 4.69) is 9.80 Å². The van der Waals surface area contributed by atoms with Crippen LogP contribution < -0.4 is 5.73 Å². The zero-order chi connectivity index (χ0) is 12.8. The quantitative estimate of drug-likeness (QED) is 0.753. The van der Waals surface area contributed by atoms with Crippen molar-refractivity contribution in [2.45, 2.75) is 19.1 Å². The smallest absolute Gasteiger partial charge is 0.117 e. The number of nitrogens with two attached hydrogens (primary N) is 1. The molecule has 0 amide bonds. The number of nitrogens with zero attached hydrogens (tertiary/aromatic N) is 2. The van der Waals surface area contributed by atoms with Gasteiger partial charge in [0.25, 0.3) is 0 Å². The highest BCUT2D eigenvalue weighted by molar-refractivity contribution is 4.98. The Morgan fingerprint density at radius 2 is 2.00 bits per heavy atom. The number of hydrogen-bond acceptors (Lipinski definition) is 5. The SMILES string of the molecule is NCCC(O)CN1CCN(Cc2ccco2)CC1. The van der Waals surface area contributed by atoms with Gasteiger partial charge in [-0.05, 0) is 25.1 Å². The third-order valence-electron chi connectivity index (χ3n) is 3.39. The fourth-order valence-corrected chi connectivity index (χ4v) is 2.33. The molecule has 1 fully saturated rings. The topological polar surface area (TPSA) is 65.9 Å². The van der Waals surface area contributed by atoms with Crippen LogP contribution in [0.1, 0.15) is 12.2 Å². The molecule has 1 saturated heterocycles. The number of hydrogen-bond donors (Lipinski definition) is 2. The van der Waals surface area contributed by atoms with Gasteiger partial charge in [0.2, 0.25) is 0 Å². The van der Waals surface area contributed by atoms with Crippen LogP contribution in [0.15, 0.2) is 22.8 Å². The third kappa shape index (κ3) is 4.10. The monoisotopic (exact) mass is 253 g/mol. The van der Waals surface area contributed by atoms with Gasteiger partial charge >= 0.3 is 0 Å². The summed E-state index contributed by atoms with van der Waals surface area (Å²) in [4.78, 5) is 4.68. The van der Waals surface area contributed by atoms with Gasteiger partial charge in [0, 0.05) is 32.7 Å². The minimum absolute atomic E-state index is 0.286. The molecule has 0 bridgehead atoms. The van der Waals surface area contributed by atoms with E-state index < -0.39 is 0 Å². The molecule has 0 aromatic carbocycles. The van der Waals surface area contributed by atoms with E-state index in [4.69, 9.17) is 10.2 Å². The Labute approximate surface area is 108 Å². The maximum atomic E-state index is 9.72. The molecular weight excluding hydrogens is 230 g/mol. The number of aliphatic hydroxyl groups excluding tert-OH is 1. The van der Waals surface area contributed by atoms with Crippen LogP contribution in [0.5, 0.6) is 0 Å². The van der Waals surface area contributed by atoms with E-state index in [1.807, 2.05) is 12.1 Å². The van der Waals surface area contributed by atoms with Gasteiger partial charge in [0.05, 0.1) is 18.9 Å². The van der Waals surface area contributed by atoms with Crippen molar-refractivity contribution in [3.8, 4) is 0 Å². The first kappa shape index (κ1) is 13.5. The van der Waals surface area contributed by atoms with Gasteiger partial charge in [-0.25, -0.2) is 0 Å². The van der Waals surface area contributed by atoms with Gasteiger partial charge in [-0.15, -0.1) is 0 Å². The van der Waals surface area contributed by atoms with E-state index in [-0.39, 0.29) is 6.10 Å². The summed E-state index contributed by atoms with van der Waals surface area (Å²) in [7, 11) is 0. The molecule has 0 saturated carbocycles. The van der Waals surface area contributed by atoms with Crippen LogP contribution in [0.25, 0.3) is 0 Å². The van der Waals surface area contributed by atoms with Crippen LogP contribution in [-0.2, 0) is 6.54 Å². The molecule has 0 spiro atoms. The Balaban J connectivity index is 1.68. The molecule has 1 aliphatic rings. The van der Waals surface area contributed by atoms with Gasteiger partial charge in [-0.1, -0.05) is 0 Å². The van der Waals surface area contributed by atoms with Crippen molar-refractivity contribution < 1.29 is 9.52 Å². The van der Waals surface area contributed by atoms with Gasteiger partial charge < -0.3 is 15.3 Å². The zero-order valence-electron chi connectivity index (χ0n) is 10.8. The van der Waals surface area contributed by atoms with Crippen molar-refractivity contribution >= 4 is 0 Å². The van der Waals surface area contributed by atoms with E-state index in [1.165, 1.54) is 0 Å². The van der Waals surface area contributed by atoms with Crippen molar-refractivity contribution in [3.63, 3.8) is 0 Å². The van der Waals surface area contributed by atoms with E-state index in [9.17, 15) is 5.11 Å². The first-order valence-electron chi connectivity index (χ1n) is 6.63. The molecule has 2 heterocycles. The Hall–Kier alpha value is -0.880. The molecule has 1 unspecified atom stereocenters. The van der Waals surface area contributed by atoms with Gasteiger partial charge in [0.1, 0.15) is 5.76 Å². The highest BCUT2D eigenvalue weighted by atomic mass is 16.3. The lowest BCUT2D eigenvalue weighted by Crippen LogP contribution is -2.48. The molecule has 1 atom stereocenters. The van der Waals surface area contributed by atoms with E-state index in [1.54, 1.807) is 6.26 Å². The summed E-state index contributed by atoms with van der Waals surface area (Å²) in [5, 5.41) is 9.72. The molecule has 102 valence electrons. The Morgan fingerprint density at radius 3 is 2.61 bits per heavy atom. The average molecular weight is 253 g/mol. The van der Waals surface area contributed by atoms with E-state index >= 15 is 0 Å². The molecule has 5 nitrogen and oxygen atoms in total. The summed E-state index contributed by atoms with van der Waals surface area (Å²) in [5.74, 6) is 1.02. The Kier molecular flexibility index (Phi) is 5.19. The molecule has 1 aromatic heterocycles. The second-order valence-corrected chi connectivity index (χ2v) is 4.89. The maximum absolute atomic E-state index is 9.72. The van der Waals surface area contributed by atoms with E-state index in [0.29, 0.717) is 13.0 Å². The highest BCUT2D eigenvalue weighted by Crippen LogP contribution is 2.09. The average Bonchev–Trinajstić information content (AvgIpc) is 2.85. The second-order valence-electron chi connectivity index (χ2n) is 4.89. The summed E-state index contributed by atoms with van der Waals surface area (Å²) in [6.45, 7) is 6.23. The summed E-state index contributed by atoms with van der Waals surface area (Å²) >= 11 is 0. The minimum Gasteiger partial charge on any atom is -0.468 e. The predicted molar refractivity (Wildman–Crippen MR) is 70.1 cm³/mol. The van der Waals surface area contributed by atoms with Crippen LogP contribution in [0.3, 0.4) is 0 Å². The van der Waals surface area contributed by atoms with Crippen LogP contribution >= 0.6 is 0 Å². The normalized spacial score (nSPS) is 20.1. The number of aliphatic hydroxyl groups is 1. The summed E-state index contributed by atoms with van der Waals surface area (Å²) < 4.78 is 5.35. The molecule has 5 heteroatoms. The molecule has 0 radical (unpaired) electrons. The lowest BCUT2D eigenvalue weighted by molar-refractivity contribution is 0.0654. The van der Waals surface area contributed by atoms with Crippen molar-refractivity contribution in [1.29, 1.82) is 0 Å². The van der Waals surface area contributed by atoms with Crippen molar-refractivity contribution in [1.82, 2.24) is 9.80 Å². The van der Waals surface area contributed by atoms with Gasteiger partial charge in [-0.3, -0.25) is 9.80 Å². The number of β-amino-alcohol motifs (C(OH)–C–C–N with tert-alkyl or cyclic N) is 1. The maximum Gasteiger partial charge on any atom is 0.117 e. The standard InChI is InChI=1S/C13H23N3O2/c14-4-3-12(17)10-15-5-7-16(8-6-15)11-13-2-1-9-18-13/h1-2,9,12,17H,3-8,10-11,14H2. The van der Waals surface area contributed by atoms with Crippen molar-refractivity contribution in [2.24, 2.45) is 5.73 Å². The van der Waals surface area contributed by atoms with Crippen LogP contribution in [0.2, 0.25) is 0 Å². The molecule has 1 aliphatic heterocycles. The van der Waals surface area contributed by atoms with Gasteiger partial charge in [0.15, 0.2) is 0 Å². The first-order chi connectivity index (χ1) is 8.78. The molecule has 18 heavy (non-hydrogen) atoms. The molecule has 2 rings (SSSR count). The fraction of sp³-hybridized carbons (Fsp3) is 0.692. The van der Waals surface area contributed by atoms with Crippen LogP contribution in [0.4, 0.5) is 0 Å². The predicted octanol–water partition coefficient (Wildman–Crippen LogP) is 0.107. The van der Waals surface area contributed by atoms with Gasteiger partial charge in [-0.2, -0.15) is 0 Å². The second kappa shape index (κ2) is 6.89. The number of furan rings is 1. The lowest BCUT2D eigenvalue weighted by atomic mass is 10.2. The number of rotatable bonds is 6.